The highest BCUT2D eigenvalue weighted by Gasteiger charge is 2.07. The van der Waals surface area contributed by atoms with E-state index in [2.05, 4.69) is 51.6 Å². The average molecular weight is 242 g/mol. The Bertz CT molecular complexity index is 612. The third-order valence-corrected chi connectivity index (χ3v) is 4.15. The molecule has 0 aliphatic rings. The molecule has 17 heavy (non-hydrogen) atoms. The second-order valence-electron chi connectivity index (χ2n) is 4.68. The number of aryl methyl sites for hydroxylation is 3. The molecule has 2 rings (SSSR count). The largest absolute Gasteiger partial charge is 0.140 e. The van der Waals surface area contributed by atoms with Crippen LogP contribution in [0.3, 0.4) is 0 Å². The number of fused-ring (bicyclic) bond motifs is 1. The zero-order chi connectivity index (χ0) is 12.6. The van der Waals surface area contributed by atoms with Gasteiger partial charge in [0.2, 0.25) is 0 Å². The number of thiophene rings is 1. The summed E-state index contributed by atoms with van der Waals surface area (Å²) in [5.74, 6) is 0. The molecule has 0 atom stereocenters. The lowest BCUT2D eigenvalue weighted by atomic mass is 10.0. The Kier molecular flexibility index (Phi) is 3.21. The van der Waals surface area contributed by atoms with Crippen LogP contribution in [-0.2, 0) is 0 Å². The van der Waals surface area contributed by atoms with Crippen molar-refractivity contribution >= 4 is 27.5 Å². The molecule has 0 nitrogen and oxygen atoms in total. The van der Waals surface area contributed by atoms with Gasteiger partial charge in [0.15, 0.2) is 0 Å². The molecule has 88 valence electrons. The topological polar surface area (TPSA) is 0 Å². The fourth-order valence-corrected chi connectivity index (χ4v) is 3.06. The van der Waals surface area contributed by atoms with E-state index in [-0.39, 0.29) is 0 Å². The SMILES string of the molecule is C=C(C)/C=C\c1c(C)sc2cc(C)c(C)cc12. The minimum atomic E-state index is 1.09. The van der Waals surface area contributed by atoms with Gasteiger partial charge in [-0.15, -0.1) is 11.3 Å². The third-order valence-electron chi connectivity index (χ3n) is 3.06. The molecule has 0 radical (unpaired) electrons. The van der Waals surface area contributed by atoms with Crippen molar-refractivity contribution < 1.29 is 0 Å². The molecule has 2 aromatic rings. The zero-order valence-corrected chi connectivity index (χ0v) is 11.7. The minimum Gasteiger partial charge on any atom is -0.140 e. The lowest BCUT2D eigenvalue weighted by molar-refractivity contribution is 1.37. The van der Waals surface area contributed by atoms with Crippen LogP contribution in [0.5, 0.6) is 0 Å². The van der Waals surface area contributed by atoms with E-state index in [1.165, 1.54) is 31.7 Å². The molecule has 0 aliphatic heterocycles. The number of hydrogen-bond acceptors (Lipinski definition) is 1. The number of allylic oxidation sites excluding steroid dienone is 2. The van der Waals surface area contributed by atoms with Crippen molar-refractivity contribution in [1.82, 2.24) is 0 Å². The van der Waals surface area contributed by atoms with Gasteiger partial charge in [-0.05, 0) is 56.5 Å². The van der Waals surface area contributed by atoms with Crippen LogP contribution in [0.15, 0.2) is 30.4 Å². The van der Waals surface area contributed by atoms with Gasteiger partial charge in [-0.1, -0.05) is 24.3 Å². The van der Waals surface area contributed by atoms with Crippen LogP contribution in [-0.4, -0.2) is 0 Å². The van der Waals surface area contributed by atoms with Crippen LogP contribution in [0.2, 0.25) is 0 Å². The van der Waals surface area contributed by atoms with E-state index in [0.29, 0.717) is 0 Å². The standard InChI is InChI=1S/C16H18S/c1-10(2)6-7-14-13(5)17-16-9-12(4)11(3)8-15(14)16/h6-9H,1H2,2-5H3/b7-6-. The highest BCUT2D eigenvalue weighted by atomic mass is 32.1. The Morgan fingerprint density at radius 3 is 2.47 bits per heavy atom. The van der Waals surface area contributed by atoms with Gasteiger partial charge < -0.3 is 0 Å². The number of hydrogen-bond donors (Lipinski definition) is 0. The summed E-state index contributed by atoms with van der Waals surface area (Å²) in [6.45, 7) is 12.5. The molecule has 0 amide bonds. The molecule has 0 spiro atoms. The van der Waals surface area contributed by atoms with Gasteiger partial charge in [0, 0.05) is 15.0 Å². The van der Waals surface area contributed by atoms with Gasteiger partial charge in [0.1, 0.15) is 0 Å². The third kappa shape index (κ3) is 2.34. The van der Waals surface area contributed by atoms with Crippen LogP contribution in [0.1, 0.15) is 28.5 Å². The first-order chi connectivity index (χ1) is 7.99. The van der Waals surface area contributed by atoms with Crippen molar-refractivity contribution in [1.29, 1.82) is 0 Å². The first-order valence-electron chi connectivity index (χ1n) is 5.83. The minimum absolute atomic E-state index is 1.09. The van der Waals surface area contributed by atoms with E-state index in [0.717, 1.165) is 5.57 Å². The predicted octanol–water partition coefficient (Wildman–Crippen LogP) is 5.42. The van der Waals surface area contributed by atoms with Gasteiger partial charge in [-0.25, -0.2) is 0 Å². The molecule has 1 aromatic carbocycles. The monoisotopic (exact) mass is 242 g/mol. The molecule has 1 heterocycles. The van der Waals surface area contributed by atoms with E-state index in [9.17, 15) is 0 Å². The summed E-state index contributed by atoms with van der Waals surface area (Å²) in [4.78, 5) is 1.38. The lowest BCUT2D eigenvalue weighted by Crippen LogP contribution is -1.80. The summed E-state index contributed by atoms with van der Waals surface area (Å²) in [6, 6.07) is 4.59. The molecule has 0 aliphatic carbocycles. The Morgan fingerprint density at radius 1 is 1.18 bits per heavy atom. The summed E-state index contributed by atoms with van der Waals surface area (Å²) in [5, 5.41) is 1.37. The maximum Gasteiger partial charge on any atom is 0.0354 e. The maximum atomic E-state index is 3.91. The number of rotatable bonds is 2. The summed E-state index contributed by atoms with van der Waals surface area (Å²) in [6.07, 6.45) is 4.27. The van der Waals surface area contributed by atoms with Crippen LogP contribution in [0.25, 0.3) is 16.2 Å². The van der Waals surface area contributed by atoms with Crippen LogP contribution < -0.4 is 0 Å². The Labute approximate surface area is 107 Å². The molecule has 0 bridgehead atoms. The van der Waals surface area contributed by atoms with Gasteiger partial charge in [0.05, 0.1) is 0 Å². The van der Waals surface area contributed by atoms with Gasteiger partial charge in [-0.2, -0.15) is 0 Å². The average Bonchev–Trinajstić information content (AvgIpc) is 2.52. The first kappa shape index (κ1) is 12.1. The van der Waals surface area contributed by atoms with Gasteiger partial charge >= 0.3 is 0 Å². The van der Waals surface area contributed by atoms with Crippen molar-refractivity contribution in [2.75, 3.05) is 0 Å². The van der Waals surface area contributed by atoms with Crippen molar-refractivity contribution in [2.45, 2.75) is 27.7 Å². The van der Waals surface area contributed by atoms with Gasteiger partial charge in [-0.3, -0.25) is 0 Å². The molecule has 0 unspecified atom stereocenters. The Morgan fingerprint density at radius 2 is 1.82 bits per heavy atom. The Balaban J connectivity index is 2.66. The summed E-state index contributed by atoms with van der Waals surface area (Å²) in [5.41, 5.74) is 5.16. The number of benzene rings is 1. The van der Waals surface area contributed by atoms with E-state index < -0.39 is 0 Å². The summed E-state index contributed by atoms with van der Waals surface area (Å²) in [7, 11) is 0. The predicted molar refractivity (Wildman–Crippen MR) is 79.9 cm³/mol. The van der Waals surface area contributed by atoms with Crippen molar-refractivity contribution in [3.8, 4) is 0 Å². The summed E-state index contributed by atoms with van der Waals surface area (Å²) < 4.78 is 1.38. The molecule has 0 N–H and O–H groups in total. The van der Waals surface area contributed by atoms with Crippen molar-refractivity contribution in [3.63, 3.8) is 0 Å². The fourth-order valence-electron chi connectivity index (χ4n) is 1.93. The molecular formula is C16H18S. The van der Waals surface area contributed by atoms with E-state index in [1.54, 1.807) is 0 Å². The van der Waals surface area contributed by atoms with E-state index >= 15 is 0 Å². The smallest absolute Gasteiger partial charge is 0.0354 e. The van der Waals surface area contributed by atoms with Crippen LogP contribution in [0.4, 0.5) is 0 Å². The summed E-state index contributed by atoms with van der Waals surface area (Å²) >= 11 is 1.87. The van der Waals surface area contributed by atoms with E-state index in [4.69, 9.17) is 0 Å². The van der Waals surface area contributed by atoms with E-state index in [1.807, 2.05) is 18.3 Å². The lowest BCUT2D eigenvalue weighted by Gasteiger charge is -2.00. The molecule has 1 heteroatoms. The second-order valence-corrected chi connectivity index (χ2v) is 5.94. The highest BCUT2D eigenvalue weighted by Crippen LogP contribution is 2.33. The van der Waals surface area contributed by atoms with Crippen molar-refractivity contribution in [2.24, 2.45) is 0 Å². The Hall–Kier alpha value is -1.34. The normalized spacial score (nSPS) is 11.5. The van der Waals surface area contributed by atoms with Crippen LogP contribution >= 0.6 is 11.3 Å². The molecule has 0 saturated carbocycles. The van der Waals surface area contributed by atoms with Crippen LogP contribution in [0, 0.1) is 20.8 Å². The zero-order valence-electron chi connectivity index (χ0n) is 10.9. The maximum absolute atomic E-state index is 3.91. The quantitative estimate of drug-likeness (QED) is 0.617. The van der Waals surface area contributed by atoms with Crippen molar-refractivity contribution in [3.05, 3.63) is 51.9 Å². The molecule has 0 saturated heterocycles. The second kappa shape index (κ2) is 4.50. The fraction of sp³-hybridized carbons (Fsp3) is 0.250. The molecule has 1 aromatic heterocycles. The highest BCUT2D eigenvalue weighted by molar-refractivity contribution is 7.19. The first-order valence-corrected chi connectivity index (χ1v) is 6.64. The molecule has 0 fully saturated rings. The molecular weight excluding hydrogens is 224 g/mol. The van der Waals surface area contributed by atoms with Gasteiger partial charge in [0.25, 0.3) is 0 Å².